The minimum absolute atomic E-state index is 0.0640. The first kappa shape index (κ1) is 18.5. The number of rotatable bonds is 3. The molecule has 1 fully saturated rings. The average Bonchev–Trinajstić information content (AvgIpc) is 2.66. The Morgan fingerprint density at radius 2 is 1.64 bits per heavy atom. The molecule has 0 bridgehead atoms. The third-order valence-corrected chi connectivity index (χ3v) is 8.10. The highest BCUT2D eigenvalue weighted by molar-refractivity contribution is 7.69. The van der Waals surface area contributed by atoms with Gasteiger partial charge in [0.05, 0.1) is 0 Å². The van der Waals surface area contributed by atoms with Gasteiger partial charge in [-0.25, -0.2) is 0 Å². The van der Waals surface area contributed by atoms with E-state index in [2.05, 4.69) is 13.8 Å². The van der Waals surface area contributed by atoms with Crippen molar-refractivity contribution in [3.63, 3.8) is 0 Å². The van der Waals surface area contributed by atoms with Gasteiger partial charge in [0.15, 0.2) is 0 Å². The molecule has 1 N–H and O–H groups in total. The largest absolute Gasteiger partial charge is 0.457 e. The van der Waals surface area contributed by atoms with Gasteiger partial charge in [0.1, 0.15) is 11.5 Å². The van der Waals surface area contributed by atoms with Crippen LogP contribution in [0.15, 0.2) is 48.5 Å². The standard InChI is InChI=1S/C19H23ClNO3P/c1-19(2)12-3-13-21(22)25(23,14-19)18-10-8-17(9-11-18)24-16-6-4-15(20)5-7-16/h4-11,22H,3,12-14H2,1-2H3. The second-order valence-corrected chi connectivity index (χ2v) is 10.4. The monoisotopic (exact) mass is 379 g/mol. The molecular weight excluding hydrogens is 357 g/mol. The topological polar surface area (TPSA) is 49.8 Å². The van der Waals surface area contributed by atoms with E-state index in [9.17, 15) is 9.77 Å². The van der Waals surface area contributed by atoms with Crippen molar-refractivity contribution in [2.24, 2.45) is 5.41 Å². The fraction of sp³-hybridized carbons (Fsp3) is 0.368. The predicted octanol–water partition coefficient (Wildman–Crippen LogP) is 5.55. The normalized spacial score (nSPS) is 23.8. The lowest BCUT2D eigenvalue weighted by atomic mass is 9.90. The van der Waals surface area contributed by atoms with Crippen molar-refractivity contribution >= 4 is 24.2 Å². The number of hydroxylamine groups is 1. The van der Waals surface area contributed by atoms with Gasteiger partial charge in [-0.15, -0.1) is 4.83 Å². The molecule has 0 radical (unpaired) electrons. The van der Waals surface area contributed by atoms with E-state index < -0.39 is 7.29 Å². The molecule has 1 unspecified atom stereocenters. The first-order valence-electron chi connectivity index (χ1n) is 8.39. The number of hydrogen-bond acceptors (Lipinski definition) is 3. The number of hydrogen-bond donors (Lipinski definition) is 1. The summed E-state index contributed by atoms with van der Waals surface area (Å²) in [4.78, 5) is 1.07. The Balaban J connectivity index is 1.83. The summed E-state index contributed by atoms with van der Waals surface area (Å²) in [6.07, 6.45) is 2.25. The summed E-state index contributed by atoms with van der Waals surface area (Å²) in [7, 11) is -3.01. The lowest BCUT2D eigenvalue weighted by Gasteiger charge is -2.30. The van der Waals surface area contributed by atoms with Crippen LogP contribution in [0.1, 0.15) is 26.7 Å². The van der Waals surface area contributed by atoms with Crippen molar-refractivity contribution in [3.8, 4) is 11.5 Å². The van der Waals surface area contributed by atoms with Gasteiger partial charge in [0.2, 0.25) is 7.29 Å². The average molecular weight is 380 g/mol. The van der Waals surface area contributed by atoms with Gasteiger partial charge in [0.25, 0.3) is 0 Å². The molecule has 2 aromatic rings. The third-order valence-electron chi connectivity index (χ3n) is 4.52. The molecule has 1 aliphatic rings. The predicted molar refractivity (Wildman–Crippen MR) is 102 cm³/mol. The smallest absolute Gasteiger partial charge is 0.201 e. The Kier molecular flexibility index (Phi) is 5.26. The van der Waals surface area contributed by atoms with Crippen LogP contribution < -0.4 is 10.0 Å². The Morgan fingerprint density at radius 3 is 2.24 bits per heavy atom. The summed E-state index contributed by atoms with van der Waals surface area (Å²) in [5, 5.41) is 11.7. The molecule has 0 saturated carbocycles. The molecule has 4 nitrogen and oxygen atoms in total. The van der Waals surface area contributed by atoms with Gasteiger partial charge in [-0.1, -0.05) is 25.4 Å². The molecule has 1 aliphatic heterocycles. The molecule has 0 amide bonds. The van der Waals surface area contributed by atoms with Gasteiger partial charge in [-0.05, 0) is 66.8 Å². The fourth-order valence-corrected chi connectivity index (χ4v) is 6.35. The number of nitrogens with zero attached hydrogens (tertiary/aromatic N) is 1. The molecule has 0 aliphatic carbocycles. The van der Waals surface area contributed by atoms with Crippen LogP contribution >= 0.6 is 18.9 Å². The Labute approximate surface area is 153 Å². The van der Waals surface area contributed by atoms with Crippen LogP contribution in [-0.4, -0.2) is 22.7 Å². The number of benzene rings is 2. The highest BCUT2D eigenvalue weighted by Gasteiger charge is 2.40. The van der Waals surface area contributed by atoms with Crippen molar-refractivity contribution in [2.75, 3.05) is 12.7 Å². The molecule has 1 saturated heterocycles. The molecule has 0 spiro atoms. The van der Waals surface area contributed by atoms with Gasteiger partial charge in [-0.3, -0.25) is 4.57 Å². The van der Waals surface area contributed by atoms with Crippen LogP contribution in [0.25, 0.3) is 0 Å². The minimum atomic E-state index is -3.01. The van der Waals surface area contributed by atoms with Crippen LogP contribution in [0.4, 0.5) is 0 Å². The van der Waals surface area contributed by atoms with Gasteiger partial charge < -0.3 is 9.94 Å². The summed E-state index contributed by atoms with van der Waals surface area (Å²) in [5.41, 5.74) is -0.0640. The van der Waals surface area contributed by atoms with E-state index in [1.54, 1.807) is 48.5 Å². The quantitative estimate of drug-likeness (QED) is 0.710. The van der Waals surface area contributed by atoms with Crippen LogP contribution in [0.2, 0.25) is 5.02 Å². The summed E-state index contributed by atoms with van der Waals surface area (Å²) in [5.74, 6) is 1.33. The zero-order valence-electron chi connectivity index (χ0n) is 14.5. The van der Waals surface area contributed by atoms with Crippen LogP contribution in [0.5, 0.6) is 11.5 Å². The number of halogens is 1. The molecule has 1 atom stereocenters. The Hall–Kier alpha value is -1.32. The summed E-state index contributed by atoms with van der Waals surface area (Å²) >= 11 is 5.87. The second kappa shape index (κ2) is 7.13. The molecule has 2 aromatic carbocycles. The van der Waals surface area contributed by atoms with Crippen molar-refractivity contribution < 1.29 is 14.5 Å². The van der Waals surface area contributed by atoms with E-state index >= 15 is 0 Å². The first-order chi connectivity index (χ1) is 11.8. The Morgan fingerprint density at radius 1 is 1.08 bits per heavy atom. The zero-order chi connectivity index (χ0) is 18.1. The van der Waals surface area contributed by atoms with Crippen LogP contribution in [-0.2, 0) is 4.57 Å². The lowest BCUT2D eigenvalue weighted by molar-refractivity contribution is 0.00247. The van der Waals surface area contributed by atoms with E-state index in [1.165, 1.54) is 0 Å². The highest BCUT2D eigenvalue weighted by Crippen LogP contribution is 2.54. The summed E-state index contributed by atoms with van der Waals surface area (Å²) in [6.45, 7) is 4.65. The van der Waals surface area contributed by atoms with Gasteiger partial charge >= 0.3 is 0 Å². The van der Waals surface area contributed by atoms with E-state index in [4.69, 9.17) is 16.3 Å². The SMILES string of the molecule is CC1(C)CCCN(O)P(=O)(c2ccc(Oc3ccc(Cl)cc3)cc2)C1. The molecule has 3 rings (SSSR count). The van der Waals surface area contributed by atoms with E-state index in [0.29, 0.717) is 34.5 Å². The zero-order valence-corrected chi connectivity index (χ0v) is 16.1. The lowest BCUT2D eigenvalue weighted by Crippen LogP contribution is -2.27. The maximum absolute atomic E-state index is 13.5. The molecule has 134 valence electrons. The van der Waals surface area contributed by atoms with Crippen molar-refractivity contribution in [3.05, 3.63) is 53.6 Å². The molecule has 6 heteroatoms. The minimum Gasteiger partial charge on any atom is -0.457 e. The highest BCUT2D eigenvalue weighted by atomic mass is 35.5. The van der Waals surface area contributed by atoms with Crippen molar-refractivity contribution in [2.45, 2.75) is 26.7 Å². The molecule has 25 heavy (non-hydrogen) atoms. The molecular formula is C19H23ClNO3P. The maximum atomic E-state index is 13.5. The van der Waals surface area contributed by atoms with Gasteiger partial charge in [0, 0.05) is 23.0 Å². The summed E-state index contributed by atoms with van der Waals surface area (Å²) in [6, 6.07) is 14.3. The molecule has 0 aromatic heterocycles. The van der Waals surface area contributed by atoms with Gasteiger partial charge in [-0.2, -0.15) is 0 Å². The maximum Gasteiger partial charge on any atom is 0.201 e. The van der Waals surface area contributed by atoms with Crippen LogP contribution in [0.3, 0.4) is 0 Å². The van der Waals surface area contributed by atoms with E-state index in [0.717, 1.165) is 17.7 Å². The summed E-state index contributed by atoms with van der Waals surface area (Å²) < 4.78 is 19.3. The Bertz CT molecular complexity index is 774. The van der Waals surface area contributed by atoms with Crippen molar-refractivity contribution in [1.29, 1.82) is 0 Å². The van der Waals surface area contributed by atoms with E-state index in [-0.39, 0.29) is 5.41 Å². The number of ether oxygens (including phenoxy) is 1. The fourth-order valence-electron chi connectivity index (χ4n) is 3.21. The van der Waals surface area contributed by atoms with E-state index in [1.807, 2.05) is 0 Å². The molecule has 1 heterocycles. The van der Waals surface area contributed by atoms with Crippen molar-refractivity contribution in [1.82, 2.24) is 4.83 Å². The van der Waals surface area contributed by atoms with Crippen LogP contribution in [0, 0.1) is 5.41 Å². The first-order valence-corrected chi connectivity index (χ1v) is 10.6. The third kappa shape index (κ3) is 4.27. The second-order valence-electron chi connectivity index (χ2n) is 7.27.